The summed E-state index contributed by atoms with van der Waals surface area (Å²) >= 11 is 0. The van der Waals surface area contributed by atoms with Gasteiger partial charge in [0, 0.05) is 13.1 Å². The summed E-state index contributed by atoms with van der Waals surface area (Å²) in [6.45, 7) is 3.29. The van der Waals surface area contributed by atoms with Gasteiger partial charge in [0.05, 0.1) is 25.3 Å². The van der Waals surface area contributed by atoms with Crippen LogP contribution in [0.4, 0.5) is 5.69 Å². The number of fused-ring (bicyclic) bond motifs is 1. The Bertz CT molecular complexity index is 1050. The molecule has 2 aromatic carbocycles. The van der Waals surface area contributed by atoms with Crippen molar-refractivity contribution < 1.29 is 22.7 Å². The van der Waals surface area contributed by atoms with Gasteiger partial charge in [0.2, 0.25) is 15.9 Å². The molecular formula is C22H26N2O5S. The van der Waals surface area contributed by atoms with Gasteiger partial charge < -0.3 is 14.4 Å². The van der Waals surface area contributed by atoms with E-state index in [0.717, 1.165) is 11.3 Å². The minimum Gasteiger partial charge on any atom is -0.495 e. The molecule has 8 heteroatoms. The number of anilines is 1. The van der Waals surface area contributed by atoms with Gasteiger partial charge in [0.1, 0.15) is 23.0 Å². The first-order chi connectivity index (χ1) is 14.4. The van der Waals surface area contributed by atoms with Crippen molar-refractivity contribution in [1.29, 1.82) is 0 Å². The number of amides is 1. The summed E-state index contributed by atoms with van der Waals surface area (Å²) < 4.78 is 39.1. The zero-order valence-corrected chi connectivity index (χ0v) is 18.0. The van der Waals surface area contributed by atoms with Gasteiger partial charge in [-0.2, -0.15) is 4.31 Å². The molecule has 0 radical (unpaired) electrons. The number of hydrogen-bond donors (Lipinski definition) is 0. The number of methoxy groups -OCH3 is 1. The van der Waals surface area contributed by atoms with Crippen molar-refractivity contribution in [2.75, 3.05) is 38.3 Å². The molecule has 2 aliphatic rings. The molecule has 1 saturated heterocycles. The lowest BCUT2D eigenvalue weighted by atomic mass is 9.97. The molecule has 1 fully saturated rings. The molecule has 30 heavy (non-hydrogen) atoms. The van der Waals surface area contributed by atoms with Crippen molar-refractivity contribution in [1.82, 2.24) is 4.31 Å². The third-order valence-electron chi connectivity index (χ3n) is 5.66. The van der Waals surface area contributed by atoms with Crippen molar-refractivity contribution in [3.8, 4) is 11.5 Å². The number of benzene rings is 2. The van der Waals surface area contributed by atoms with E-state index < -0.39 is 15.9 Å². The van der Waals surface area contributed by atoms with Gasteiger partial charge in [0.15, 0.2) is 0 Å². The molecule has 1 amide bonds. The van der Waals surface area contributed by atoms with Crippen molar-refractivity contribution in [2.24, 2.45) is 5.92 Å². The quantitative estimate of drug-likeness (QED) is 0.746. The molecule has 0 N–H and O–H groups in total. The Labute approximate surface area is 177 Å². The van der Waals surface area contributed by atoms with Gasteiger partial charge in [0.25, 0.3) is 0 Å². The summed E-state index contributed by atoms with van der Waals surface area (Å²) in [6.07, 6.45) is 1.30. The average molecular weight is 431 g/mol. The molecule has 0 bridgehead atoms. The molecule has 160 valence electrons. The van der Waals surface area contributed by atoms with Crippen LogP contribution in [-0.4, -0.2) is 52.0 Å². The molecule has 2 heterocycles. The molecule has 0 saturated carbocycles. The molecular weight excluding hydrogens is 404 g/mol. The number of piperidine rings is 1. The Balaban J connectivity index is 1.58. The van der Waals surface area contributed by atoms with Gasteiger partial charge in [-0.05, 0) is 49.6 Å². The van der Waals surface area contributed by atoms with Gasteiger partial charge >= 0.3 is 0 Å². The van der Waals surface area contributed by atoms with Crippen LogP contribution >= 0.6 is 0 Å². The minimum atomic E-state index is -3.77. The SMILES string of the molecule is COc1ccc(C)cc1S(=O)(=O)N1CCC[C@H](C(=O)N2CCOc3ccccc32)C1. The van der Waals surface area contributed by atoms with E-state index >= 15 is 0 Å². The standard InChI is InChI=1S/C22H26N2O5S/c1-16-9-10-20(28-2)21(14-16)30(26,27)23-11-5-6-17(15-23)22(25)24-12-13-29-19-8-4-3-7-18(19)24/h3-4,7-10,14,17H,5-6,11-13,15H2,1-2H3/t17-/m0/s1. The number of aryl methyl sites for hydroxylation is 1. The topological polar surface area (TPSA) is 76.2 Å². The van der Waals surface area contributed by atoms with Crippen LogP contribution in [0.15, 0.2) is 47.4 Å². The van der Waals surface area contributed by atoms with Gasteiger partial charge in [-0.25, -0.2) is 8.42 Å². The van der Waals surface area contributed by atoms with Crippen LogP contribution in [0.3, 0.4) is 0 Å². The molecule has 0 spiro atoms. The van der Waals surface area contributed by atoms with Crippen molar-refractivity contribution >= 4 is 21.6 Å². The summed E-state index contributed by atoms with van der Waals surface area (Å²) in [5.74, 6) is 0.551. The normalized spacial score (nSPS) is 19.7. The molecule has 2 aromatic rings. The number of carbonyl (C=O) groups is 1. The molecule has 1 atom stereocenters. The number of ether oxygens (including phenoxy) is 2. The van der Waals surface area contributed by atoms with E-state index in [1.54, 1.807) is 17.0 Å². The van der Waals surface area contributed by atoms with Gasteiger partial charge in [-0.3, -0.25) is 4.79 Å². The largest absolute Gasteiger partial charge is 0.495 e. The first-order valence-electron chi connectivity index (χ1n) is 10.1. The highest BCUT2D eigenvalue weighted by molar-refractivity contribution is 7.89. The number of para-hydroxylation sites is 2. The maximum atomic E-state index is 13.4. The van der Waals surface area contributed by atoms with Crippen molar-refractivity contribution in [3.63, 3.8) is 0 Å². The Kier molecular flexibility index (Phi) is 5.71. The second-order valence-corrected chi connectivity index (χ2v) is 9.57. The number of nitrogens with zero attached hydrogens (tertiary/aromatic N) is 2. The second kappa shape index (κ2) is 8.28. The molecule has 4 rings (SSSR count). The first kappa shape index (κ1) is 20.7. The highest BCUT2D eigenvalue weighted by Crippen LogP contribution is 2.35. The van der Waals surface area contributed by atoms with E-state index in [1.165, 1.54) is 11.4 Å². The number of sulfonamides is 1. The minimum absolute atomic E-state index is 0.0538. The molecule has 7 nitrogen and oxygen atoms in total. The van der Waals surface area contributed by atoms with E-state index in [2.05, 4.69) is 0 Å². The Morgan fingerprint density at radius 1 is 1.17 bits per heavy atom. The fourth-order valence-corrected chi connectivity index (χ4v) is 5.87. The van der Waals surface area contributed by atoms with E-state index in [4.69, 9.17) is 9.47 Å². The number of carbonyl (C=O) groups excluding carboxylic acids is 1. The third-order valence-corrected chi connectivity index (χ3v) is 7.55. The van der Waals surface area contributed by atoms with E-state index in [0.29, 0.717) is 44.0 Å². The number of hydrogen-bond acceptors (Lipinski definition) is 5. The van der Waals surface area contributed by atoms with Crippen LogP contribution < -0.4 is 14.4 Å². The summed E-state index contributed by atoms with van der Waals surface area (Å²) in [5.41, 5.74) is 1.58. The van der Waals surface area contributed by atoms with Crippen LogP contribution in [0, 0.1) is 12.8 Å². The third kappa shape index (κ3) is 3.77. The van der Waals surface area contributed by atoms with Crippen molar-refractivity contribution in [3.05, 3.63) is 48.0 Å². The van der Waals surface area contributed by atoms with Crippen LogP contribution in [0.5, 0.6) is 11.5 Å². The summed E-state index contributed by atoms with van der Waals surface area (Å²) in [4.78, 5) is 15.2. The fourth-order valence-electron chi connectivity index (χ4n) is 4.11. The van der Waals surface area contributed by atoms with Crippen molar-refractivity contribution in [2.45, 2.75) is 24.7 Å². The number of rotatable bonds is 4. The smallest absolute Gasteiger partial charge is 0.246 e. The van der Waals surface area contributed by atoms with E-state index in [-0.39, 0.29) is 17.3 Å². The van der Waals surface area contributed by atoms with E-state index in [1.807, 2.05) is 37.3 Å². The fraction of sp³-hybridized carbons (Fsp3) is 0.409. The van der Waals surface area contributed by atoms with Gasteiger partial charge in [-0.15, -0.1) is 0 Å². The van der Waals surface area contributed by atoms with Gasteiger partial charge in [-0.1, -0.05) is 18.2 Å². The first-order valence-corrected chi connectivity index (χ1v) is 11.5. The summed E-state index contributed by atoms with van der Waals surface area (Å²) in [7, 11) is -2.31. The van der Waals surface area contributed by atoms with E-state index in [9.17, 15) is 13.2 Å². The zero-order chi connectivity index (χ0) is 21.3. The Morgan fingerprint density at radius 3 is 2.77 bits per heavy atom. The summed E-state index contributed by atoms with van der Waals surface area (Å²) in [5, 5.41) is 0. The summed E-state index contributed by atoms with van der Waals surface area (Å²) in [6, 6.07) is 12.6. The average Bonchev–Trinajstić information content (AvgIpc) is 2.78. The molecule has 2 aliphatic heterocycles. The highest BCUT2D eigenvalue weighted by atomic mass is 32.2. The lowest BCUT2D eigenvalue weighted by molar-refractivity contribution is -0.123. The lowest BCUT2D eigenvalue weighted by Gasteiger charge is -2.36. The second-order valence-electron chi connectivity index (χ2n) is 7.66. The lowest BCUT2D eigenvalue weighted by Crippen LogP contribution is -2.48. The van der Waals surface area contributed by atoms with Crippen LogP contribution in [-0.2, 0) is 14.8 Å². The molecule has 0 unspecified atom stereocenters. The zero-order valence-electron chi connectivity index (χ0n) is 17.2. The maximum Gasteiger partial charge on any atom is 0.246 e. The highest BCUT2D eigenvalue weighted by Gasteiger charge is 2.37. The molecule has 0 aliphatic carbocycles. The Hall–Kier alpha value is -2.58. The van der Waals surface area contributed by atoms with Crippen LogP contribution in [0.25, 0.3) is 0 Å². The molecule has 0 aromatic heterocycles. The predicted molar refractivity (Wildman–Crippen MR) is 114 cm³/mol. The van der Waals surface area contributed by atoms with Crippen LogP contribution in [0.2, 0.25) is 0 Å². The van der Waals surface area contributed by atoms with Crippen LogP contribution in [0.1, 0.15) is 18.4 Å². The monoisotopic (exact) mass is 430 g/mol. The Morgan fingerprint density at radius 2 is 1.97 bits per heavy atom. The maximum absolute atomic E-state index is 13.4. The predicted octanol–water partition coefficient (Wildman–Crippen LogP) is 2.83.